The highest BCUT2D eigenvalue weighted by molar-refractivity contribution is 7.11. The van der Waals surface area contributed by atoms with Gasteiger partial charge in [0.15, 0.2) is 12.0 Å². The van der Waals surface area contributed by atoms with Crippen molar-refractivity contribution in [3.63, 3.8) is 0 Å². The van der Waals surface area contributed by atoms with E-state index in [2.05, 4.69) is 5.10 Å². The second-order valence-electron chi connectivity index (χ2n) is 2.94. The summed E-state index contributed by atoms with van der Waals surface area (Å²) >= 11 is 1.36. The van der Waals surface area contributed by atoms with E-state index in [-0.39, 0.29) is 0 Å². The van der Waals surface area contributed by atoms with Gasteiger partial charge in [0, 0.05) is 18.0 Å². The SMILES string of the molecule is CCn1cc(Oc2csc(C=O)c2)cn1. The summed E-state index contributed by atoms with van der Waals surface area (Å²) < 4.78 is 7.29. The van der Waals surface area contributed by atoms with Crippen LogP contribution in [0.5, 0.6) is 11.5 Å². The van der Waals surface area contributed by atoms with Crippen molar-refractivity contribution < 1.29 is 9.53 Å². The Labute approximate surface area is 91.1 Å². The number of hydrogen-bond donors (Lipinski definition) is 0. The highest BCUT2D eigenvalue weighted by Crippen LogP contribution is 2.25. The summed E-state index contributed by atoms with van der Waals surface area (Å²) in [6, 6.07) is 1.71. The molecule has 2 heterocycles. The number of thiophene rings is 1. The molecule has 0 aliphatic carbocycles. The standard InChI is InChI=1S/C10H10N2O2S/c1-2-12-5-9(4-11-12)14-8-3-10(6-13)15-7-8/h3-7H,2H2,1H3. The number of nitrogens with zero attached hydrogens (tertiary/aromatic N) is 2. The van der Waals surface area contributed by atoms with Crippen LogP contribution in [0.15, 0.2) is 23.8 Å². The van der Waals surface area contributed by atoms with Gasteiger partial charge in [0.2, 0.25) is 0 Å². The van der Waals surface area contributed by atoms with E-state index in [9.17, 15) is 4.79 Å². The average Bonchev–Trinajstić information content (AvgIpc) is 2.87. The van der Waals surface area contributed by atoms with Gasteiger partial charge < -0.3 is 4.74 Å². The molecular weight excluding hydrogens is 212 g/mol. The molecule has 0 saturated carbocycles. The molecular formula is C10H10N2O2S. The number of carbonyl (C=O) groups is 1. The first-order chi connectivity index (χ1) is 7.31. The number of aldehydes is 1. The predicted octanol–water partition coefficient (Wildman–Crippen LogP) is 2.57. The summed E-state index contributed by atoms with van der Waals surface area (Å²) in [5.41, 5.74) is 0. The number of ether oxygens (including phenoxy) is 1. The van der Waals surface area contributed by atoms with Gasteiger partial charge in [-0.15, -0.1) is 11.3 Å². The van der Waals surface area contributed by atoms with Crippen LogP contribution in [-0.4, -0.2) is 16.1 Å². The Bertz CT molecular complexity index is 461. The Hall–Kier alpha value is -1.62. The Morgan fingerprint density at radius 3 is 3.07 bits per heavy atom. The Morgan fingerprint density at radius 1 is 1.60 bits per heavy atom. The molecule has 0 bridgehead atoms. The third-order valence-corrected chi connectivity index (χ3v) is 2.72. The largest absolute Gasteiger partial charge is 0.453 e. The summed E-state index contributed by atoms with van der Waals surface area (Å²) in [5, 5.41) is 5.88. The normalized spacial score (nSPS) is 10.2. The lowest BCUT2D eigenvalue weighted by Gasteiger charge is -1.97. The molecule has 0 aliphatic heterocycles. The van der Waals surface area contributed by atoms with Crippen molar-refractivity contribution in [3.05, 3.63) is 28.7 Å². The lowest BCUT2D eigenvalue weighted by atomic mass is 10.5. The third-order valence-electron chi connectivity index (χ3n) is 1.88. The number of carbonyl (C=O) groups excluding carboxylic acids is 1. The maximum atomic E-state index is 10.5. The molecule has 0 atom stereocenters. The Kier molecular flexibility index (Phi) is 2.82. The van der Waals surface area contributed by atoms with Crippen molar-refractivity contribution in [1.29, 1.82) is 0 Å². The van der Waals surface area contributed by atoms with Gasteiger partial charge in [0.25, 0.3) is 0 Å². The number of rotatable bonds is 4. The molecule has 0 aromatic carbocycles. The van der Waals surface area contributed by atoms with Crippen molar-refractivity contribution in [2.24, 2.45) is 0 Å². The second-order valence-corrected chi connectivity index (χ2v) is 3.88. The molecule has 4 nitrogen and oxygen atoms in total. The van der Waals surface area contributed by atoms with E-state index in [1.54, 1.807) is 22.3 Å². The fourth-order valence-corrected chi connectivity index (χ4v) is 1.76. The quantitative estimate of drug-likeness (QED) is 0.747. The van der Waals surface area contributed by atoms with E-state index < -0.39 is 0 Å². The van der Waals surface area contributed by atoms with Crippen LogP contribution in [-0.2, 0) is 6.54 Å². The second kappa shape index (κ2) is 4.27. The molecule has 2 aromatic heterocycles. The molecule has 0 radical (unpaired) electrons. The topological polar surface area (TPSA) is 44.1 Å². The minimum Gasteiger partial charge on any atom is -0.453 e. The summed E-state index contributed by atoms with van der Waals surface area (Å²) in [6.45, 7) is 2.82. The van der Waals surface area contributed by atoms with E-state index in [0.717, 1.165) is 12.8 Å². The molecule has 78 valence electrons. The molecule has 2 rings (SSSR count). The Morgan fingerprint density at radius 2 is 2.47 bits per heavy atom. The van der Waals surface area contributed by atoms with Gasteiger partial charge in [-0.25, -0.2) is 0 Å². The van der Waals surface area contributed by atoms with Gasteiger partial charge in [-0.05, 0) is 6.92 Å². The van der Waals surface area contributed by atoms with E-state index >= 15 is 0 Å². The molecule has 0 fully saturated rings. The first-order valence-corrected chi connectivity index (χ1v) is 5.44. The van der Waals surface area contributed by atoms with Crippen LogP contribution in [0.25, 0.3) is 0 Å². The number of aryl methyl sites for hydroxylation is 1. The predicted molar refractivity (Wildman–Crippen MR) is 57.7 cm³/mol. The smallest absolute Gasteiger partial charge is 0.165 e. The maximum absolute atomic E-state index is 10.5. The molecule has 0 unspecified atom stereocenters. The highest BCUT2D eigenvalue weighted by atomic mass is 32.1. The van der Waals surface area contributed by atoms with Crippen molar-refractivity contribution in [3.8, 4) is 11.5 Å². The first-order valence-electron chi connectivity index (χ1n) is 4.56. The van der Waals surface area contributed by atoms with Crippen molar-refractivity contribution in [2.45, 2.75) is 13.5 Å². The Balaban J connectivity index is 2.10. The number of aromatic nitrogens is 2. The molecule has 0 spiro atoms. The van der Waals surface area contributed by atoms with E-state index in [4.69, 9.17) is 4.74 Å². The van der Waals surface area contributed by atoms with Crippen LogP contribution in [0.1, 0.15) is 16.6 Å². The molecule has 15 heavy (non-hydrogen) atoms. The minimum absolute atomic E-state index is 0.660. The monoisotopic (exact) mass is 222 g/mol. The molecule has 0 N–H and O–H groups in total. The summed E-state index contributed by atoms with van der Waals surface area (Å²) in [7, 11) is 0. The molecule has 0 saturated heterocycles. The summed E-state index contributed by atoms with van der Waals surface area (Å²) in [6.07, 6.45) is 4.28. The molecule has 0 amide bonds. The first kappa shape index (κ1) is 9.92. The van der Waals surface area contributed by atoms with Crippen molar-refractivity contribution >= 4 is 17.6 Å². The van der Waals surface area contributed by atoms with E-state index in [1.165, 1.54) is 11.3 Å². The highest BCUT2D eigenvalue weighted by Gasteiger charge is 2.03. The lowest BCUT2D eigenvalue weighted by Crippen LogP contribution is -1.91. The van der Waals surface area contributed by atoms with Crippen LogP contribution in [0.3, 0.4) is 0 Å². The van der Waals surface area contributed by atoms with Gasteiger partial charge in [-0.2, -0.15) is 5.10 Å². The zero-order valence-electron chi connectivity index (χ0n) is 8.21. The minimum atomic E-state index is 0.660. The average molecular weight is 222 g/mol. The lowest BCUT2D eigenvalue weighted by molar-refractivity contribution is 0.112. The molecule has 0 aliphatic rings. The van der Waals surface area contributed by atoms with Crippen LogP contribution in [0.2, 0.25) is 0 Å². The number of hydrogen-bond acceptors (Lipinski definition) is 4. The van der Waals surface area contributed by atoms with Gasteiger partial charge in [0.1, 0.15) is 5.75 Å². The van der Waals surface area contributed by atoms with Crippen LogP contribution in [0, 0.1) is 0 Å². The van der Waals surface area contributed by atoms with Crippen LogP contribution < -0.4 is 4.74 Å². The van der Waals surface area contributed by atoms with Gasteiger partial charge in [-0.1, -0.05) is 0 Å². The molecule has 5 heteroatoms. The summed E-state index contributed by atoms with van der Waals surface area (Å²) in [5.74, 6) is 1.37. The third kappa shape index (κ3) is 2.24. The fraction of sp³-hybridized carbons (Fsp3) is 0.200. The zero-order chi connectivity index (χ0) is 10.7. The van der Waals surface area contributed by atoms with Gasteiger partial charge >= 0.3 is 0 Å². The van der Waals surface area contributed by atoms with Crippen LogP contribution >= 0.6 is 11.3 Å². The van der Waals surface area contributed by atoms with Gasteiger partial charge in [0.05, 0.1) is 17.3 Å². The maximum Gasteiger partial charge on any atom is 0.165 e. The zero-order valence-corrected chi connectivity index (χ0v) is 9.03. The van der Waals surface area contributed by atoms with E-state index in [0.29, 0.717) is 16.4 Å². The van der Waals surface area contributed by atoms with Crippen molar-refractivity contribution in [1.82, 2.24) is 9.78 Å². The fourth-order valence-electron chi connectivity index (χ4n) is 1.16. The summed E-state index contributed by atoms with van der Waals surface area (Å²) in [4.78, 5) is 11.1. The van der Waals surface area contributed by atoms with Crippen LogP contribution in [0.4, 0.5) is 0 Å². The molecule has 2 aromatic rings. The van der Waals surface area contributed by atoms with Gasteiger partial charge in [-0.3, -0.25) is 9.48 Å². The van der Waals surface area contributed by atoms with E-state index in [1.807, 2.05) is 13.1 Å². The van der Waals surface area contributed by atoms with Crippen molar-refractivity contribution in [2.75, 3.05) is 0 Å².